The second-order valence-corrected chi connectivity index (χ2v) is 8.18. The van der Waals surface area contributed by atoms with E-state index in [1.54, 1.807) is 11.3 Å². The van der Waals surface area contributed by atoms with Crippen molar-refractivity contribution in [2.24, 2.45) is 0 Å². The minimum Gasteiger partial charge on any atom is -0.490 e. The first-order valence-electron chi connectivity index (χ1n) is 8.93. The smallest absolute Gasteiger partial charge is 0.262 e. The van der Waals surface area contributed by atoms with Gasteiger partial charge < -0.3 is 4.74 Å². The summed E-state index contributed by atoms with van der Waals surface area (Å²) >= 11 is 1.60. The highest BCUT2D eigenvalue weighted by Crippen LogP contribution is 2.33. The molecule has 134 valence electrons. The third-order valence-corrected chi connectivity index (χ3v) is 5.89. The number of aromatic nitrogens is 2. The number of fused-ring (bicyclic) bond motifs is 2. The standard InChI is InChI=1S/C21H22N2O2S/c1-12(2)25-17-8-6-5-7-15(17)11-16-9-10-23-19(16)22-20-18(21(23)24)13(3)14(4)26-20/h5-8,11-12H,9-10H2,1-4H3/b16-11+. The van der Waals surface area contributed by atoms with E-state index in [4.69, 9.17) is 9.72 Å². The van der Waals surface area contributed by atoms with E-state index in [-0.39, 0.29) is 11.7 Å². The van der Waals surface area contributed by atoms with Crippen LogP contribution in [0.25, 0.3) is 21.9 Å². The zero-order valence-electron chi connectivity index (χ0n) is 15.5. The maximum atomic E-state index is 12.9. The fraction of sp³-hybridized carbons (Fsp3) is 0.333. The van der Waals surface area contributed by atoms with E-state index in [1.165, 1.54) is 0 Å². The molecule has 0 saturated carbocycles. The van der Waals surface area contributed by atoms with Gasteiger partial charge in [-0.25, -0.2) is 4.98 Å². The third-order valence-electron chi connectivity index (χ3n) is 4.79. The highest BCUT2D eigenvalue weighted by molar-refractivity contribution is 7.18. The van der Waals surface area contributed by atoms with Crippen LogP contribution in [0.2, 0.25) is 0 Å². The van der Waals surface area contributed by atoms with E-state index in [2.05, 4.69) is 6.08 Å². The van der Waals surface area contributed by atoms with Crippen molar-refractivity contribution in [2.75, 3.05) is 0 Å². The summed E-state index contributed by atoms with van der Waals surface area (Å²) in [5, 5.41) is 0.779. The van der Waals surface area contributed by atoms with Gasteiger partial charge >= 0.3 is 0 Å². The Morgan fingerprint density at radius 2 is 2.04 bits per heavy atom. The zero-order chi connectivity index (χ0) is 18.4. The monoisotopic (exact) mass is 366 g/mol. The molecule has 0 N–H and O–H groups in total. The molecule has 0 spiro atoms. The number of hydrogen-bond acceptors (Lipinski definition) is 4. The minimum atomic E-state index is 0.0852. The topological polar surface area (TPSA) is 44.1 Å². The van der Waals surface area contributed by atoms with Gasteiger partial charge in [-0.3, -0.25) is 9.36 Å². The summed E-state index contributed by atoms with van der Waals surface area (Å²) in [6.07, 6.45) is 3.04. The zero-order valence-corrected chi connectivity index (χ0v) is 16.3. The molecule has 3 aromatic rings. The summed E-state index contributed by atoms with van der Waals surface area (Å²) in [5.74, 6) is 1.66. The van der Waals surface area contributed by atoms with Gasteiger partial charge in [0.25, 0.3) is 5.56 Å². The second-order valence-electron chi connectivity index (χ2n) is 6.98. The van der Waals surface area contributed by atoms with E-state index in [0.29, 0.717) is 6.54 Å². The van der Waals surface area contributed by atoms with Gasteiger partial charge in [0.15, 0.2) is 0 Å². The summed E-state index contributed by atoms with van der Waals surface area (Å²) in [5.41, 5.74) is 3.26. The molecule has 1 aliphatic heterocycles. The molecule has 5 heteroatoms. The summed E-state index contributed by atoms with van der Waals surface area (Å²) in [6.45, 7) is 8.79. The lowest BCUT2D eigenvalue weighted by Gasteiger charge is -2.12. The molecule has 3 heterocycles. The molecule has 0 atom stereocenters. The van der Waals surface area contributed by atoms with Crippen LogP contribution in [-0.2, 0) is 6.54 Å². The first-order chi connectivity index (χ1) is 12.5. The predicted molar refractivity (Wildman–Crippen MR) is 108 cm³/mol. The molecule has 0 aliphatic carbocycles. The largest absolute Gasteiger partial charge is 0.490 e. The Morgan fingerprint density at radius 3 is 2.81 bits per heavy atom. The number of ether oxygens (including phenoxy) is 1. The van der Waals surface area contributed by atoms with Gasteiger partial charge in [0.05, 0.1) is 11.5 Å². The fourth-order valence-electron chi connectivity index (χ4n) is 3.41. The third kappa shape index (κ3) is 2.76. The van der Waals surface area contributed by atoms with Crippen LogP contribution in [0.1, 0.15) is 42.1 Å². The van der Waals surface area contributed by atoms with Crippen molar-refractivity contribution in [1.29, 1.82) is 0 Å². The van der Waals surface area contributed by atoms with Crippen LogP contribution in [0.5, 0.6) is 5.75 Å². The van der Waals surface area contributed by atoms with Gasteiger partial charge in [-0.2, -0.15) is 0 Å². The van der Waals surface area contributed by atoms with Crippen molar-refractivity contribution in [1.82, 2.24) is 9.55 Å². The quantitative estimate of drug-likeness (QED) is 0.668. The number of nitrogens with zero attached hydrogens (tertiary/aromatic N) is 2. The van der Waals surface area contributed by atoms with Gasteiger partial charge in [0, 0.05) is 17.0 Å². The Bertz CT molecular complexity index is 1090. The Hall–Kier alpha value is -2.40. The van der Waals surface area contributed by atoms with Crippen LogP contribution in [0.15, 0.2) is 29.1 Å². The number of rotatable bonds is 3. The predicted octanol–water partition coefficient (Wildman–Crippen LogP) is 4.81. The molecule has 0 radical (unpaired) electrons. The Labute approximate surface area is 156 Å². The molecule has 1 aliphatic rings. The van der Waals surface area contributed by atoms with E-state index in [9.17, 15) is 4.79 Å². The highest BCUT2D eigenvalue weighted by atomic mass is 32.1. The van der Waals surface area contributed by atoms with E-state index >= 15 is 0 Å². The van der Waals surface area contributed by atoms with Crippen LogP contribution < -0.4 is 10.3 Å². The van der Waals surface area contributed by atoms with Gasteiger partial charge in [-0.15, -0.1) is 11.3 Å². The van der Waals surface area contributed by atoms with Crippen LogP contribution in [0, 0.1) is 13.8 Å². The molecule has 2 aromatic heterocycles. The maximum absolute atomic E-state index is 12.9. The summed E-state index contributed by atoms with van der Waals surface area (Å²) < 4.78 is 7.74. The van der Waals surface area contributed by atoms with Gasteiger partial charge in [-0.05, 0) is 57.4 Å². The molecule has 0 bridgehead atoms. The molecule has 0 amide bonds. The van der Waals surface area contributed by atoms with E-state index < -0.39 is 0 Å². The van der Waals surface area contributed by atoms with Crippen molar-refractivity contribution in [3.05, 3.63) is 56.4 Å². The lowest BCUT2D eigenvalue weighted by atomic mass is 10.1. The van der Waals surface area contributed by atoms with Crippen molar-refractivity contribution >= 4 is 33.2 Å². The number of para-hydroxylation sites is 1. The molecule has 0 fully saturated rings. The van der Waals surface area contributed by atoms with Crippen molar-refractivity contribution in [3.63, 3.8) is 0 Å². The van der Waals surface area contributed by atoms with Crippen molar-refractivity contribution < 1.29 is 4.74 Å². The molecule has 4 rings (SSSR count). The fourth-order valence-corrected chi connectivity index (χ4v) is 4.43. The number of hydrogen-bond donors (Lipinski definition) is 0. The van der Waals surface area contributed by atoms with E-state index in [1.807, 2.05) is 56.5 Å². The van der Waals surface area contributed by atoms with Crippen LogP contribution >= 0.6 is 11.3 Å². The lowest BCUT2D eigenvalue weighted by Crippen LogP contribution is -2.20. The normalized spacial score (nSPS) is 15.2. The average molecular weight is 366 g/mol. The molecule has 26 heavy (non-hydrogen) atoms. The van der Waals surface area contributed by atoms with Gasteiger partial charge in [0.1, 0.15) is 16.4 Å². The summed E-state index contributed by atoms with van der Waals surface area (Å²) in [7, 11) is 0. The Kier molecular flexibility index (Phi) is 4.19. The van der Waals surface area contributed by atoms with Gasteiger partial charge in [-0.1, -0.05) is 18.2 Å². The number of allylic oxidation sites excluding steroid dienone is 1. The minimum absolute atomic E-state index is 0.0852. The number of aryl methyl sites for hydroxylation is 2. The van der Waals surface area contributed by atoms with Crippen LogP contribution in [0.4, 0.5) is 0 Å². The molecule has 0 saturated heterocycles. The molecule has 4 nitrogen and oxygen atoms in total. The summed E-state index contributed by atoms with van der Waals surface area (Å²) in [4.78, 5) is 19.8. The molecule has 0 unspecified atom stereocenters. The average Bonchev–Trinajstić information content (AvgIpc) is 3.11. The SMILES string of the molecule is Cc1sc2nc3n(c(=O)c2c1C)CC/C3=C\c1ccccc1OC(C)C. The van der Waals surface area contributed by atoms with Crippen LogP contribution in [-0.4, -0.2) is 15.7 Å². The highest BCUT2D eigenvalue weighted by Gasteiger charge is 2.23. The maximum Gasteiger partial charge on any atom is 0.262 e. The van der Waals surface area contributed by atoms with E-state index in [0.717, 1.165) is 49.8 Å². The van der Waals surface area contributed by atoms with Crippen molar-refractivity contribution in [2.45, 2.75) is 46.8 Å². The van der Waals surface area contributed by atoms with Crippen molar-refractivity contribution in [3.8, 4) is 5.75 Å². The Balaban J connectivity index is 1.85. The van der Waals surface area contributed by atoms with Gasteiger partial charge in [0.2, 0.25) is 0 Å². The molecular weight excluding hydrogens is 344 g/mol. The molecule has 1 aromatic carbocycles. The number of benzene rings is 1. The first-order valence-corrected chi connectivity index (χ1v) is 9.74. The number of thiophene rings is 1. The lowest BCUT2D eigenvalue weighted by molar-refractivity contribution is 0.242. The second kappa shape index (κ2) is 6.40. The summed E-state index contributed by atoms with van der Waals surface area (Å²) in [6, 6.07) is 8.01. The Morgan fingerprint density at radius 1 is 1.27 bits per heavy atom. The van der Waals surface area contributed by atoms with Crippen LogP contribution in [0.3, 0.4) is 0 Å². The first kappa shape index (κ1) is 17.0. The molecular formula is C21H22N2O2S.